The lowest BCUT2D eigenvalue weighted by atomic mass is 9.76. The molecule has 6 aliphatic heterocycles. The number of fused-ring (bicyclic) bond motifs is 2. The summed E-state index contributed by atoms with van der Waals surface area (Å²) in [5.41, 5.74) is 6.47. The maximum absolute atomic E-state index is 13.4. The highest BCUT2D eigenvalue weighted by Gasteiger charge is 2.46. The van der Waals surface area contributed by atoms with Crippen LogP contribution in [0.1, 0.15) is 81.2 Å². The van der Waals surface area contributed by atoms with Crippen molar-refractivity contribution >= 4 is 58.2 Å². The van der Waals surface area contributed by atoms with Gasteiger partial charge in [0.05, 0.1) is 17.7 Å². The van der Waals surface area contributed by atoms with Crippen molar-refractivity contribution in [2.45, 2.75) is 64.0 Å². The molecule has 57 heavy (non-hydrogen) atoms. The molecule has 4 fully saturated rings. The number of nitrogens with zero attached hydrogens (tertiary/aromatic N) is 6. The van der Waals surface area contributed by atoms with Crippen LogP contribution in [0.5, 0.6) is 0 Å². The molecule has 5 amide bonds. The molecular weight excluding hydrogens is 742 g/mol. The number of halogens is 1. The Kier molecular flexibility index (Phi) is 9.56. The van der Waals surface area contributed by atoms with Crippen LogP contribution in [0.3, 0.4) is 0 Å². The van der Waals surface area contributed by atoms with E-state index in [-0.39, 0.29) is 30.1 Å². The van der Waals surface area contributed by atoms with Gasteiger partial charge in [0, 0.05) is 92.7 Å². The van der Waals surface area contributed by atoms with Crippen molar-refractivity contribution in [2.75, 3.05) is 62.2 Å². The maximum Gasteiger partial charge on any atom is 0.262 e. The number of nitrogens with one attached hydrogen (secondary N) is 1. The molecule has 2 atom stereocenters. The summed E-state index contributed by atoms with van der Waals surface area (Å²) < 4.78 is 0. The number of piperidine rings is 2. The van der Waals surface area contributed by atoms with E-state index < -0.39 is 23.8 Å². The number of hydrogen-bond acceptors (Lipinski definition) is 8. The molecular formula is C44H46ClN7O5. The topological polar surface area (TPSA) is 118 Å². The van der Waals surface area contributed by atoms with Crippen molar-refractivity contribution in [3.8, 4) is 0 Å². The van der Waals surface area contributed by atoms with Crippen molar-refractivity contribution < 1.29 is 24.0 Å². The van der Waals surface area contributed by atoms with Crippen LogP contribution in [0.25, 0.3) is 4.85 Å². The summed E-state index contributed by atoms with van der Waals surface area (Å²) in [4.78, 5) is 78.0. The van der Waals surface area contributed by atoms with Gasteiger partial charge >= 0.3 is 0 Å². The van der Waals surface area contributed by atoms with Crippen LogP contribution in [0.15, 0.2) is 54.6 Å². The number of benzene rings is 3. The predicted molar refractivity (Wildman–Crippen MR) is 216 cm³/mol. The number of carbonyl (C=O) groups excluding carboxylic acids is 5. The summed E-state index contributed by atoms with van der Waals surface area (Å²) in [6.07, 6.45) is 5.07. The van der Waals surface area contributed by atoms with Crippen LogP contribution >= 0.6 is 11.6 Å². The van der Waals surface area contributed by atoms with Gasteiger partial charge in [-0.25, -0.2) is 4.85 Å². The van der Waals surface area contributed by atoms with Gasteiger partial charge in [-0.3, -0.25) is 34.2 Å². The van der Waals surface area contributed by atoms with Gasteiger partial charge in [0.2, 0.25) is 17.5 Å². The van der Waals surface area contributed by atoms with Crippen LogP contribution in [0.2, 0.25) is 5.02 Å². The zero-order chi connectivity index (χ0) is 39.6. The second kappa shape index (κ2) is 14.6. The van der Waals surface area contributed by atoms with E-state index >= 15 is 0 Å². The van der Waals surface area contributed by atoms with Crippen LogP contribution in [-0.4, -0.2) is 109 Å². The maximum atomic E-state index is 13.4. The molecule has 1 N–H and O–H groups in total. The number of imide groups is 2. The lowest BCUT2D eigenvalue weighted by Crippen LogP contribution is -2.54. The molecule has 12 nitrogen and oxygen atoms in total. The summed E-state index contributed by atoms with van der Waals surface area (Å²) in [5.74, 6) is -1.48. The van der Waals surface area contributed by atoms with Crippen molar-refractivity contribution in [2.24, 2.45) is 11.3 Å². The smallest absolute Gasteiger partial charge is 0.262 e. The summed E-state index contributed by atoms with van der Waals surface area (Å²) in [5, 5.41) is 2.76. The first-order chi connectivity index (χ1) is 27.5. The van der Waals surface area contributed by atoms with Crippen molar-refractivity contribution in [1.29, 1.82) is 0 Å². The molecule has 3 aromatic rings. The van der Waals surface area contributed by atoms with E-state index in [4.69, 9.17) is 18.2 Å². The first-order valence-electron chi connectivity index (χ1n) is 20.2. The monoisotopic (exact) mass is 787 g/mol. The molecule has 0 aromatic heterocycles. The number of hydrogen-bond donors (Lipinski definition) is 1. The van der Waals surface area contributed by atoms with E-state index in [1.54, 1.807) is 0 Å². The number of anilines is 2. The zero-order valence-corrected chi connectivity index (χ0v) is 32.9. The Balaban J connectivity index is 0.743. The molecule has 4 saturated heterocycles. The Bertz CT molecular complexity index is 2180. The Morgan fingerprint density at radius 3 is 2.14 bits per heavy atom. The molecule has 9 rings (SSSR count). The largest absolute Gasteiger partial charge is 0.371 e. The second-order valence-corrected chi connectivity index (χ2v) is 17.4. The van der Waals surface area contributed by atoms with E-state index in [0.717, 1.165) is 112 Å². The molecule has 6 aliphatic rings. The van der Waals surface area contributed by atoms with Gasteiger partial charge in [-0.05, 0) is 111 Å². The lowest BCUT2D eigenvalue weighted by molar-refractivity contribution is -0.136. The van der Waals surface area contributed by atoms with Gasteiger partial charge in [0.1, 0.15) is 6.04 Å². The Labute approximate surface area is 337 Å². The minimum absolute atomic E-state index is 0.0680. The van der Waals surface area contributed by atoms with Gasteiger partial charge in [-0.1, -0.05) is 17.7 Å². The van der Waals surface area contributed by atoms with Gasteiger partial charge in [-0.2, -0.15) is 0 Å². The van der Waals surface area contributed by atoms with Crippen LogP contribution in [-0.2, 0) is 22.4 Å². The van der Waals surface area contributed by atoms with Crippen molar-refractivity contribution in [3.63, 3.8) is 0 Å². The third-order valence-electron chi connectivity index (χ3n) is 13.4. The zero-order valence-electron chi connectivity index (χ0n) is 32.1. The summed E-state index contributed by atoms with van der Waals surface area (Å²) in [6.45, 7) is 16.5. The third kappa shape index (κ3) is 6.84. The Hall–Kier alpha value is -5.25. The molecule has 0 saturated carbocycles. The standard InChI is InChI=1S/C44H46ClN7O5/c1-27-22-44(26-51(27)33-7-8-37(46-2)36(45)21-33)13-17-49(18-14-44)32-5-3-29(4-6-32)41(55)50-24-28(25-50)23-48-15-11-30-19-34-35(20-31(30)12-16-48)43(57)52(42(34)56)38-9-10-39(53)47-40(38)54/h3-8,19-21,27-28,38H,9-18,22-26H2,1H3,(H,47,53,54)/t27-,38?/m0/s1. The summed E-state index contributed by atoms with van der Waals surface area (Å²) in [7, 11) is 0. The molecule has 1 unspecified atom stereocenters. The normalized spacial score (nSPS) is 23.6. The first kappa shape index (κ1) is 37.3. The highest BCUT2D eigenvalue weighted by molar-refractivity contribution is 6.33. The molecule has 3 aromatic carbocycles. The average Bonchev–Trinajstić information content (AvgIpc) is 3.53. The van der Waals surface area contributed by atoms with E-state index in [1.807, 2.05) is 47.4 Å². The second-order valence-electron chi connectivity index (χ2n) is 17.0. The fraction of sp³-hybridized carbons (Fsp3) is 0.455. The van der Waals surface area contributed by atoms with Crippen LogP contribution in [0.4, 0.5) is 17.1 Å². The molecule has 0 bridgehead atoms. The van der Waals surface area contributed by atoms with Gasteiger partial charge < -0.3 is 19.6 Å². The molecule has 1 spiro atoms. The molecule has 13 heteroatoms. The van der Waals surface area contributed by atoms with Crippen molar-refractivity contribution in [1.82, 2.24) is 20.0 Å². The van der Waals surface area contributed by atoms with Crippen molar-refractivity contribution in [3.05, 3.63) is 98.9 Å². The first-order valence-corrected chi connectivity index (χ1v) is 20.5. The minimum Gasteiger partial charge on any atom is -0.371 e. The fourth-order valence-electron chi connectivity index (χ4n) is 10.2. The van der Waals surface area contributed by atoms with E-state index in [2.05, 4.69) is 43.9 Å². The summed E-state index contributed by atoms with van der Waals surface area (Å²) in [6, 6.07) is 17.0. The molecule has 0 aliphatic carbocycles. The summed E-state index contributed by atoms with van der Waals surface area (Å²) >= 11 is 6.38. The highest BCUT2D eigenvalue weighted by Crippen LogP contribution is 2.46. The molecule has 6 heterocycles. The Morgan fingerprint density at radius 2 is 1.53 bits per heavy atom. The quantitative estimate of drug-likeness (QED) is 0.263. The number of likely N-dealkylation sites (tertiary alicyclic amines) is 1. The average molecular weight is 788 g/mol. The number of rotatable bonds is 6. The van der Waals surface area contributed by atoms with Gasteiger partial charge in [-0.15, -0.1) is 0 Å². The van der Waals surface area contributed by atoms with E-state index in [9.17, 15) is 24.0 Å². The highest BCUT2D eigenvalue weighted by atomic mass is 35.5. The lowest BCUT2D eigenvalue weighted by Gasteiger charge is -2.42. The van der Waals surface area contributed by atoms with Gasteiger partial charge in [0.15, 0.2) is 0 Å². The molecule has 0 radical (unpaired) electrons. The SMILES string of the molecule is [C-]#[N+]c1ccc(N2CC3(CCN(c4ccc(C(=O)N5CC(CN6CCc7cc8c(cc7CC6)C(=O)N(C6CCC(=O)NC6=O)C8=O)C5)cc4)CC3)C[C@@H]2C)cc1Cl. The molecule has 294 valence electrons. The van der Waals surface area contributed by atoms with Crippen LogP contribution in [0, 0.1) is 17.9 Å². The Morgan fingerprint density at radius 1 is 0.877 bits per heavy atom. The number of carbonyl (C=O) groups is 5. The van der Waals surface area contributed by atoms with E-state index in [1.165, 1.54) is 0 Å². The van der Waals surface area contributed by atoms with Crippen LogP contribution < -0.4 is 15.1 Å². The van der Waals surface area contributed by atoms with E-state index in [0.29, 0.717) is 39.4 Å². The fourth-order valence-corrected chi connectivity index (χ4v) is 10.4. The predicted octanol–water partition coefficient (Wildman–Crippen LogP) is 5.35. The minimum atomic E-state index is -0.967. The third-order valence-corrected chi connectivity index (χ3v) is 13.7. The number of amides is 5. The van der Waals surface area contributed by atoms with Gasteiger partial charge in [0.25, 0.3) is 17.7 Å².